The first kappa shape index (κ1) is 26.5. The van der Waals surface area contributed by atoms with Gasteiger partial charge in [0.2, 0.25) is 0 Å². The SMILES string of the molecule is N=C(/C=C\N)C(=O)NCCn1ccc2ncnc(Nc3ccc(Oc4cccc(C(F)(F)F)c4)c(Cl)c3)c21. The number of ether oxygens (including phenoxy) is 1. The lowest BCUT2D eigenvalue weighted by molar-refractivity contribution is -0.137. The van der Waals surface area contributed by atoms with Gasteiger partial charge < -0.3 is 25.7 Å². The Morgan fingerprint density at radius 1 is 1.18 bits per heavy atom. The first-order valence-corrected chi connectivity index (χ1v) is 11.5. The van der Waals surface area contributed by atoms with Crippen molar-refractivity contribution in [3.63, 3.8) is 0 Å². The van der Waals surface area contributed by atoms with Crippen LogP contribution in [0, 0.1) is 5.41 Å². The van der Waals surface area contributed by atoms with E-state index in [-0.39, 0.29) is 28.8 Å². The number of fused-ring (bicyclic) bond motifs is 1. The van der Waals surface area contributed by atoms with Crippen LogP contribution in [0.3, 0.4) is 0 Å². The van der Waals surface area contributed by atoms with Gasteiger partial charge in [-0.25, -0.2) is 9.97 Å². The van der Waals surface area contributed by atoms with Crippen molar-refractivity contribution in [1.29, 1.82) is 5.41 Å². The van der Waals surface area contributed by atoms with Gasteiger partial charge in [-0.1, -0.05) is 17.7 Å². The van der Waals surface area contributed by atoms with Crippen LogP contribution < -0.4 is 21.1 Å². The third kappa shape index (κ3) is 6.21. The molecule has 0 radical (unpaired) electrons. The molecule has 0 bridgehead atoms. The van der Waals surface area contributed by atoms with Gasteiger partial charge in [0.15, 0.2) is 5.82 Å². The number of hydrogen-bond acceptors (Lipinski definition) is 7. The summed E-state index contributed by atoms with van der Waals surface area (Å²) in [5.74, 6) is 0.0881. The molecular formula is C25H21ClF3N7O2. The third-order valence-electron chi connectivity index (χ3n) is 5.28. The predicted octanol–water partition coefficient (Wildman–Crippen LogP) is 5.25. The number of carbonyl (C=O) groups excluding carboxylic acids is 1. The zero-order chi connectivity index (χ0) is 27.3. The molecule has 9 nitrogen and oxygen atoms in total. The Kier molecular flexibility index (Phi) is 7.82. The smallest absolute Gasteiger partial charge is 0.416 e. The molecule has 13 heteroatoms. The van der Waals surface area contributed by atoms with Gasteiger partial charge in [0.1, 0.15) is 29.1 Å². The van der Waals surface area contributed by atoms with Crippen LogP contribution in [-0.2, 0) is 17.5 Å². The number of anilines is 2. The predicted molar refractivity (Wildman–Crippen MR) is 138 cm³/mol. The molecule has 4 rings (SSSR count). The standard InChI is InChI=1S/C25H21ClF3N7O2/c26-18-13-16(4-5-21(18)38-17-3-1-2-15(12-17)25(27,28)29)35-23-22-20(33-14-34-23)7-10-36(22)11-9-32-24(37)19(31)6-8-30/h1-8,10,12-14,31H,9,11,30H2,(H,32,37)(H,33,34,35)/b8-6-,31-19?. The van der Waals surface area contributed by atoms with Crippen LogP contribution in [0.5, 0.6) is 11.5 Å². The van der Waals surface area contributed by atoms with Crippen molar-refractivity contribution in [2.24, 2.45) is 5.73 Å². The van der Waals surface area contributed by atoms with Gasteiger partial charge in [0.25, 0.3) is 5.91 Å². The Bertz CT molecular complexity index is 1520. The summed E-state index contributed by atoms with van der Waals surface area (Å²) in [4.78, 5) is 20.5. The molecule has 2 aromatic heterocycles. The molecule has 0 atom stereocenters. The van der Waals surface area contributed by atoms with Crippen LogP contribution in [0.1, 0.15) is 5.56 Å². The summed E-state index contributed by atoms with van der Waals surface area (Å²) in [6, 6.07) is 11.0. The van der Waals surface area contributed by atoms with E-state index < -0.39 is 17.6 Å². The van der Waals surface area contributed by atoms with E-state index in [0.29, 0.717) is 29.1 Å². The summed E-state index contributed by atoms with van der Waals surface area (Å²) in [5.41, 5.74) is 6.00. The van der Waals surface area contributed by atoms with Gasteiger partial charge in [-0.2, -0.15) is 13.2 Å². The highest BCUT2D eigenvalue weighted by Gasteiger charge is 2.30. The summed E-state index contributed by atoms with van der Waals surface area (Å²) >= 11 is 6.35. The van der Waals surface area contributed by atoms with Gasteiger partial charge in [-0.3, -0.25) is 10.2 Å². The minimum atomic E-state index is -4.49. The number of nitrogens with one attached hydrogen (secondary N) is 3. The Hall–Kier alpha value is -4.58. The fourth-order valence-corrected chi connectivity index (χ4v) is 3.75. The zero-order valence-electron chi connectivity index (χ0n) is 19.6. The molecule has 0 spiro atoms. The molecule has 2 aromatic carbocycles. The lowest BCUT2D eigenvalue weighted by atomic mass is 10.2. The lowest BCUT2D eigenvalue weighted by Gasteiger charge is -2.13. The minimum Gasteiger partial charge on any atom is -0.456 e. The number of aromatic nitrogens is 3. The molecule has 38 heavy (non-hydrogen) atoms. The van der Waals surface area contributed by atoms with Gasteiger partial charge in [-0.15, -0.1) is 0 Å². The van der Waals surface area contributed by atoms with Crippen molar-refractivity contribution in [2.75, 3.05) is 11.9 Å². The largest absolute Gasteiger partial charge is 0.456 e. The summed E-state index contributed by atoms with van der Waals surface area (Å²) in [6.07, 6.45) is 1.00. The quantitative estimate of drug-likeness (QED) is 0.213. The Morgan fingerprint density at radius 2 is 2.00 bits per heavy atom. The normalized spacial score (nSPS) is 11.6. The molecule has 0 aliphatic carbocycles. The number of carbonyl (C=O) groups is 1. The van der Waals surface area contributed by atoms with E-state index in [1.165, 1.54) is 30.6 Å². The number of nitrogens with two attached hydrogens (primary N) is 1. The molecule has 0 unspecified atom stereocenters. The van der Waals surface area contributed by atoms with Crippen LogP contribution >= 0.6 is 11.6 Å². The second-order valence-corrected chi connectivity index (χ2v) is 8.30. The van der Waals surface area contributed by atoms with Crippen molar-refractivity contribution in [1.82, 2.24) is 19.9 Å². The summed E-state index contributed by atoms with van der Waals surface area (Å²) < 4.78 is 46.4. The number of benzene rings is 2. The highest BCUT2D eigenvalue weighted by molar-refractivity contribution is 6.42. The van der Waals surface area contributed by atoms with E-state index in [2.05, 4.69) is 20.6 Å². The summed E-state index contributed by atoms with van der Waals surface area (Å²) in [6.45, 7) is 0.618. The molecular weight excluding hydrogens is 523 g/mol. The van der Waals surface area contributed by atoms with E-state index in [9.17, 15) is 18.0 Å². The van der Waals surface area contributed by atoms with Crippen molar-refractivity contribution in [2.45, 2.75) is 12.7 Å². The maximum Gasteiger partial charge on any atom is 0.416 e. The van der Waals surface area contributed by atoms with E-state index in [1.807, 2.05) is 4.57 Å². The lowest BCUT2D eigenvalue weighted by Crippen LogP contribution is -2.32. The fourth-order valence-electron chi connectivity index (χ4n) is 3.53. The number of alkyl halides is 3. The topological polar surface area (TPSA) is 131 Å². The van der Waals surface area contributed by atoms with Crippen LogP contribution in [0.2, 0.25) is 5.02 Å². The second-order valence-electron chi connectivity index (χ2n) is 7.89. The summed E-state index contributed by atoms with van der Waals surface area (Å²) in [5, 5.41) is 13.6. The van der Waals surface area contributed by atoms with Crippen LogP contribution in [0.15, 0.2) is 73.3 Å². The monoisotopic (exact) mass is 543 g/mol. The van der Waals surface area contributed by atoms with Crippen molar-refractivity contribution < 1.29 is 22.7 Å². The average molecular weight is 544 g/mol. The third-order valence-corrected chi connectivity index (χ3v) is 5.58. The first-order valence-electron chi connectivity index (χ1n) is 11.1. The molecule has 0 saturated carbocycles. The van der Waals surface area contributed by atoms with Gasteiger partial charge in [0, 0.05) is 25.0 Å². The van der Waals surface area contributed by atoms with Crippen LogP contribution in [0.25, 0.3) is 11.0 Å². The zero-order valence-corrected chi connectivity index (χ0v) is 20.3. The Balaban J connectivity index is 1.49. The van der Waals surface area contributed by atoms with Crippen molar-refractivity contribution >= 4 is 45.8 Å². The maximum absolute atomic E-state index is 13.0. The first-order chi connectivity index (χ1) is 18.2. The highest BCUT2D eigenvalue weighted by atomic mass is 35.5. The minimum absolute atomic E-state index is 0.000881. The fraction of sp³-hybridized carbons (Fsp3) is 0.120. The van der Waals surface area contributed by atoms with Gasteiger partial charge in [0.05, 0.1) is 16.1 Å². The van der Waals surface area contributed by atoms with Crippen LogP contribution in [0.4, 0.5) is 24.7 Å². The van der Waals surface area contributed by atoms with Gasteiger partial charge in [-0.05, 0) is 54.7 Å². The number of nitrogens with zero attached hydrogens (tertiary/aromatic N) is 3. The van der Waals surface area contributed by atoms with E-state index in [1.54, 1.807) is 24.4 Å². The Labute approximate surface area is 219 Å². The van der Waals surface area contributed by atoms with E-state index in [0.717, 1.165) is 18.3 Å². The summed E-state index contributed by atoms with van der Waals surface area (Å²) in [7, 11) is 0. The maximum atomic E-state index is 13.0. The number of halogens is 4. The second kappa shape index (κ2) is 11.2. The molecule has 2 heterocycles. The van der Waals surface area contributed by atoms with E-state index in [4.69, 9.17) is 27.5 Å². The molecule has 4 aromatic rings. The van der Waals surface area contributed by atoms with Crippen LogP contribution in [-0.4, -0.2) is 32.7 Å². The van der Waals surface area contributed by atoms with Crippen molar-refractivity contribution in [3.8, 4) is 11.5 Å². The van der Waals surface area contributed by atoms with Gasteiger partial charge >= 0.3 is 6.18 Å². The average Bonchev–Trinajstić information content (AvgIpc) is 3.29. The number of amides is 1. The van der Waals surface area contributed by atoms with Crippen molar-refractivity contribution in [3.05, 3.63) is 83.9 Å². The molecule has 196 valence electrons. The Morgan fingerprint density at radius 3 is 2.74 bits per heavy atom. The molecule has 1 amide bonds. The van der Waals surface area contributed by atoms with E-state index >= 15 is 0 Å². The molecule has 0 aliphatic rings. The molecule has 0 fully saturated rings. The number of rotatable bonds is 9. The highest BCUT2D eigenvalue weighted by Crippen LogP contribution is 2.36. The molecule has 0 saturated heterocycles. The molecule has 5 N–H and O–H groups in total. The number of hydrogen-bond donors (Lipinski definition) is 4. The molecule has 0 aliphatic heterocycles.